The molecule has 176 valence electrons. The fraction of sp³-hybridized carbons (Fsp3) is 0.0857. The zero-order chi connectivity index (χ0) is 25.0. The molecule has 5 aromatic carbocycles. The number of benzene rings is 5. The molecule has 1 aromatic heterocycles. The first-order valence-electron chi connectivity index (χ1n) is 12.8. The Bertz CT molecular complexity index is 1730. The van der Waals surface area contributed by atoms with Crippen molar-refractivity contribution in [3.05, 3.63) is 132 Å². The van der Waals surface area contributed by atoms with E-state index in [1.807, 2.05) is 24.3 Å². The Morgan fingerprint density at radius 3 is 1.84 bits per heavy atom. The number of fused-ring (bicyclic) bond motifs is 4. The van der Waals surface area contributed by atoms with Crippen molar-refractivity contribution in [2.24, 2.45) is 0 Å². The van der Waals surface area contributed by atoms with E-state index < -0.39 is 0 Å². The van der Waals surface area contributed by atoms with E-state index in [1.54, 1.807) is 0 Å². The number of aromatic nitrogens is 2. The Labute approximate surface area is 217 Å². The molecule has 6 aromatic rings. The number of hydrogen-bond acceptors (Lipinski definition) is 2. The Morgan fingerprint density at radius 1 is 0.486 bits per heavy atom. The molecule has 0 radical (unpaired) electrons. The molecule has 1 heterocycles. The molecule has 0 spiro atoms. The van der Waals surface area contributed by atoms with E-state index in [1.165, 1.54) is 33.0 Å². The van der Waals surface area contributed by atoms with Gasteiger partial charge in [0, 0.05) is 22.1 Å². The first-order valence-corrected chi connectivity index (χ1v) is 12.8. The van der Waals surface area contributed by atoms with Crippen molar-refractivity contribution in [1.82, 2.24) is 9.97 Å². The van der Waals surface area contributed by atoms with Crippen molar-refractivity contribution >= 4 is 10.8 Å². The minimum atomic E-state index is -0.0950. The van der Waals surface area contributed by atoms with Gasteiger partial charge in [-0.05, 0) is 51.2 Å². The third-order valence-electron chi connectivity index (χ3n) is 7.67. The second kappa shape index (κ2) is 8.25. The van der Waals surface area contributed by atoms with E-state index in [-0.39, 0.29) is 5.41 Å². The van der Waals surface area contributed by atoms with Gasteiger partial charge in [0.2, 0.25) is 0 Å². The van der Waals surface area contributed by atoms with E-state index in [0.29, 0.717) is 0 Å². The summed E-state index contributed by atoms with van der Waals surface area (Å²) in [7, 11) is 0. The second-order valence-corrected chi connectivity index (χ2v) is 10.3. The van der Waals surface area contributed by atoms with Crippen LogP contribution in [0.15, 0.2) is 121 Å². The van der Waals surface area contributed by atoms with E-state index in [2.05, 4.69) is 111 Å². The van der Waals surface area contributed by atoms with E-state index in [4.69, 9.17) is 9.97 Å². The number of rotatable bonds is 3. The smallest absolute Gasteiger partial charge is 0.160 e. The Balaban J connectivity index is 1.51. The first kappa shape index (κ1) is 21.7. The van der Waals surface area contributed by atoms with Crippen LogP contribution in [0.1, 0.15) is 25.0 Å². The fourth-order valence-electron chi connectivity index (χ4n) is 5.74. The van der Waals surface area contributed by atoms with Gasteiger partial charge in [0.05, 0.1) is 11.4 Å². The van der Waals surface area contributed by atoms with Gasteiger partial charge in [-0.2, -0.15) is 0 Å². The topological polar surface area (TPSA) is 25.8 Å². The van der Waals surface area contributed by atoms with Gasteiger partial charge in [-0.25, -0.2) is 9.97 Å². The lowest BCUT2D eigenvalue weighted by molar-refractivity contribution is 0.661. The molecule has 0 amide bonds. The molecule has 1 aliphatic carbocycles. The van der Waals surface area contributed by atoms with Crippen molar-refractivity contribution in [1.29, 1.82) is 0 Å². The average Bonchev–Trinajstić information content (AvgIpc) is 3.18. The van der Waals surface area contributed by atoms with E-state index in [0.717, 1.165) is 33.9 Å². The fourth-order valence-corrected chi connectivity index (χ4v) is 5.74. The van der Waals surface area contributed by atoms with Crippen LogP contribution in [0.5, 0.6) is 0 Å². The van der Waals surface area contributed by atoms with Crippen LogP contribution in [-0.2, 0) is 5.41 Å². The Kier molecular flexibility index (Phi) is 4.84. The van der Waals surface area contributed by atoms with Crippen molar-refractivity contribution < 1.29 is 0 Å². The lowest BCUT2D eigenvalue weighted by Gasteiger charge is -2.22. The summed E-state index contributed by atoms with van der Waals surface area (Å²) < 4.78 is 0. The van der Waals surface area contributed by atoms with Gasteiger partial charge in [-0.3, -0.25) is 0 Å². The summed E-state index contributed by atoms with van der Waals surface area (Å²) in [6.45, 7) is 4.67. The molecule has 0 saturated carbocycles. The molecule has 2 heteroatoms. The van der Waals surface area contributed by atoms with Crippen LogP contribution >= 0.6 is 0 Å². The predicted molar refractivity (Wildman–Crippen MR) is 153 cm³/mol. The highest BCUT2D eigenvalue weighted by atomic mass is 14.9. The van der Waals surface area contributed by atoms with Crippen LogP contribution in [0.4, 0.5) is 0 Å². The van der Waals surface area contributed by atoms with Crippen LogP contribution < -0.4 is 0 Å². The van der Waals surface area contributed by atoms with Crippen LogP contribution in [0.2, 0.25) is 0 Å². The Hall–Kier alpha value is -4.56. The van der Waals surface area contributed by atoms with Gasteiger partial charge in [0.25, 0.3) is 0 Å². The second-order valence-electron chi connectivity index (χ2n) is 10.3. The number of nitrogens with zero attached hydrogens (tertiary/aromatic N) is 2. The van der Waals surface area contributed by atoms with Gasteiger partial charge >= 0.3 is 0 Å². The van der Waals surface area contributed by atoms with E-state index in [9.17, 15) is 0 Å². The zero-order valence-electron chi connectivity index (χ0n) is 20.9. The lowest BCUT2D eigenvalue weighted by Crippen LogP contribution is -2.14. The highest BCUT2D eigenvalue weighted by Gasteiger charge is 2.37. The molecule has 37 heavy (non-hydrogen) atoms. The largest absolute Gasteiger partial charge is 0.228 e. The summed E-state index contributed by atoms with van der Waals surface area (Å²) in [6.07, 6.45) is 0. The normalized spacial score (nSPS) is 13.4. The summed E-state index contributed by atoms with van der Waals surface area (Å²) in [5.41, 5.74) is 10.3. The summed E-state index contributed by atoms with van der Waals surface area (Å²) in [5.74, 6) is 0.741. The van der Waals surface area contributed by atoms with Gasteiger partial charge in [-0.1, -0.05) is 117 Å². The molecule has 1 aliphatic rings. The Morgan fingerprint density at radius 2 is 1.11 bits per heavy atom. The van der Waals surface area contributed by atoms with Crippen LogP contribution in [0, 0.1) is 0 Å². The van der Waals surface area contributed by atoms with Gasteiger partial charge in [-0.15, -0.1) is 0 Å². The summed E-state index contributed by atoms with van der Waals surface area (Å²) in [6, 6.07) is 42.8. The lowest BCUT2D eigenvalue weighted by atomic mass is 9.81. The third-order valence-corrected chi connectivity index (χ3v) is 7.67. The maximum atomic E-state index is 5.15. The van der Waals surface area contributed by atoms with Crippen molar-refractivity contribution in [3.63, 3.8) is 0 Å². The SMILES string of the molecule is CC1(C)c2cc3ccccc3cc2-c2c(-c3cc(-c4ccccc4)nc(-c4ccccc4)n3)cccc21. The molecule has 0 bridgehead atoms. The quantitative estimate of drug-likeness (QED) is 0.256. The summed E-state index contributed by atoms with van der Waals surface area (Å²) in [5, 5.41) is 2.54. The minimum Gasteiger partial charge on any atom is -0.228 e. The standard InChI is InChI=1S/C35H26N2/c1-35(2)29-19-11-18-27(33(29)28-20-25-16-9-10-17-26(25)21-30(28)35)32-22-31(23-12-5-3-6-13-23)36-34(37-32)24-14-7-4-8-15-24/h3-22H,1-2H3. The highest BCUT2D eigenvalue weighted by Crippen LogP contribution is 2.53. The molecule has 0 atom stereocenters. The van der Waals surface area contributed by atoms with Crippen molar-refractivity contribution in [2.75, 3.05) is 0 Å². The molecule has 0 unspecified atom stereocenters. The van der Waals surface area contributed by atoms with Gasteiger partial charge in [0.15, 0.2) is 5.82 Å². The predicted octanol–water partition coefficient (Wildman–Crippen LogP) is 8.94. The maximum absolute atomic E-state index is 5.15. The molecule has 0 saturated heterocycles. The third kappa shape index (κ3) is 3.48. The molecular formula is C35H26N2. The van der Waals surface area contributed by atoms with Crippen molar-refractivity contribution in [2.45, 2.75) is 19.3 Å². The molecular weight excluding hydrogens is 448 g/mol. The summed E-state index contributed by atoms with van der Waals surface area (Å²) >= 11 is 0. The van der Waals surface area contributed by atoms with Crippen LogP contribution in [0.25, 0.3) is 55.8 Å². The van der Waals surface area contributed by atoms with Crippen LogP contribution in [0.3, 0.4) is 0 Å². The molecule has 2 nitrogen and oxygen atoms in total. The molecule has 0 fully saturated rings. The molecule has 0 aliphatic heterocycles. The maximum Gasteiger partial charge on any atom is 0.160 e. The van der Waals surface area contributed by atoms with Gasteiger partial charge < -0.3 is 0 Å². The first-order chi connectivity index (χ1) is 18.1. The number of hydrogen-bond donors (Lipinski definition) is 0. The molecule has 7 rings (SSSR count). The average molecular weight is 475 g/mol. The van der Waals surface area contributed by atoms with Crippen LogP contribution in [-0.4, -0.2) is 9.97 Å². The monoisotopic (exact) mass is 474 g/mol. The summed E-state index contributed by atoms with van der Waals surface area (Å²) in [4.78, 5) is 10.1. The van der Waals surface area contributed by atoms with E-state index >= 15 is 0 Å². The van der Waals surface area contributed by atoms with Crippen molar-refractivity contribution in [3.8, 4) is 45.0 Å². The highest BCUT2D eigenvalue weighted by molar-refractivity contribution is 5.98. The minimum absolute atomic E-state index is 0.0950. The molecule has 0 N–H and O–H groups in total. The zero-order valence-corrected chi connectivity index (χ0v) is 20.9. The van der Waals surface area contributed by atoms with Gasteiger partial charge in [0.1, 0.15) is 0 Å².